The van der Waals surface area contributed by atoms with Crippen LogP contribution in [-0.4, -0.2) is 48.3 Å². The Balaban J connectivity index is 1.63. The number of methoxy groups -OCH3 is 1. The monoisotopic (exact) mass is 330 g/mol. The third-order valence-corrected chi connectivity index (χ3v) is 4.93. The summed E-state index contributed by atoms with van der Waals surface area (Å²) in [5.74, 6) is 0.0308. The van der Waals surface area contributed by atoms with Gasteiger partial charge in [-0.15, -0.1) is 0 Å². The highest BCUT2D eigenvalue weighted by molar-refractivity contribution is 5.23. The summed E-state index contributed by atoms with van der Waals surface area (Å²) in [6.07, 6.45) is 1.02. The Labute approximate surface area is 133 Å². The van der Waals surface area contributed by atoms with E-state index in [0.29, 0.717) is 13.2 Å². The Morgan fingerprint density at radius 2 is 2.22 bits per heavy atom. The van der Waals surface area contributed by atoms with Crippen LogP contribution in [0.1, 0.15) is 31.2 Å². The van der Waals surface area contributed by atoms with Crippen molar-refractivity contribution >= 4 is 0 Å². The van der Waals surface area contributed by atoms with Crippen molar-refractivity contribution in [3.8, 4) is 5.88 Å². The molecule has 3 heterocycles. The first-order valence-electron chi connectivity index (χ1n) is 7.86. The van der Waals surface area contributed by atoms with Crippen molar-refractivity contribution in [2.24, 2.45) is 0 Å². The zero-order chi connectivity index (χ0) is 16.5. The molecule has 0 bridgehead atoms. The van der Waals surface area contributed by atoms with E-state index in [9.17, 15) is 13.2 Å². The first-order chi connectivity index (χ1) is 10.9. The molecule has 0 aromatic carbocycles. The number of hydrogen-bond donors (Lipinski definition) is 0. The molecule has 2 aliphatic heterocycles. The van der Waals surface area contributed by atoms with Crippen LogP contribution in [0, 0.1) is 0 Å². The Hall–Kier alpha value is -1.34. The molecule has 0 radical (unpaired) electrons. The molecule has 2 aliphatic rings. The highest BCUT2D eigenvalue weighted by Crippen LogP contribution is 2.42. The molecule has 128 valence electrons. The first-order valence-corrected chi connectivity index (χ1v) is 7.86. The van der Waals surface area contributed by atoms with Gasteiger partial charge >= 0.3 is 6.18 Å². The number of pyridine rings is 1. The van der Waals surface area contributed by atoms with Crippen LogP contribution < -0.4 is 4.74 Å². The summed E-state index contributed by atoms with van der Waals surface area (Å²) in [5.41, 5.74) is -0.645. The second-order valence-electron chi connectivity index (χ2n) is 6.34. The predicted molar refractivity (Wildman–Crippen MR) is 78.3 cm³/mol. The fourth-order valence-corrected chi connectivity index (χ4v) is 3.90. The minimum Gasteiger partial charge on any atom is -0.476 e. The van der Waals surface area contributed by atoms with Crippen molar-refractivity contribution in [3.05, 3.63) is 23.9 Å². The van der Waals surface area contributed by atoms with Crippen molar-refractivity contribution in [2.45, 2.75) is 43.4 Å². The summed E-state index contributed by atoms with van der Waals surface area (Å²) in [6, 6.07) is 2.12. The molecule has 2 saturated heterocycles. The second kappa shape index (κ2) is 6.28. The van der Waals surface area contributed by atoms with Crippen LogP contribution in [0.3, 0.4) is 0 Å². The van der Waals surface area contributed by atoms with Gasteiger partial charge < -0.3 is 9.47 Å². The molecule has 0 saturated carbocycles. The predicted octanol–water partition coefficient (Wildman–Crippen LogP) is 3.12. The molecule has 0 spiro atoms. The quantitative estimate of drug-likeness (QED) is 0.831. The van der Waals surface area contributed by atoms with E-state index in [-0.39, 0.29) is 17.5 Å². The number of hydrogen-bond acceptors (Lipinski definition) is 4. The lowest BCUT2D eigenvalue weighted by atomic mass is 9.95. The van der Waals surface area contributed by atoms with E-state index < -0.39 is 11.7 Å². The molecule has 23 heavy (non-hydrogen) atoms. The van der Waals surface area contributed by atoms with Crippen molar-refractivity contribution in [1.29, 1.82) is 0 Å². The average Bonchev–Trinajstić information content (AvgIpc) is 3.04. The smallest absolute Gasteiger partial charge is 0.416 e. The van der Waals surface area contributed by atoms with E-state index in [0.717, 1.165) is 50.6 Å². The number of ether oxygens (including phenoxy) is 2. The molecule has 4 nitrogen and oxygen atoms in total. The van der Waals surface area contributed by atoms with Gasteiger partial charge in [-0.3, -0.25) is 4.90 Å². The van der Waals surface area contributed by atoms with Gasteiger partial charge in [0.2, 0.25) is 5.88 Å². The van der Waals surface area contributed by atoms with E-state index in [2.05, 4.69) is 9.88 Å². The summed E-state index contributed by atoms with van der Waals surface area (Å²) in [4.78, 5) is 6.29. The number of nitrogens with zero attached hydrogens (tertiary/aromatic N) is 2. The zero-order valence-corrected chi connectivity index (χ0v) is 13.1. The third kappa shape index (κ3) is 3.30. The topological polar surface area (TPSA) is 34.6 Å². The lowest BCUT2D eigenvalue weighted by Gasteiger charge is -2.34. The minimum absolute atomic E-state index is 0.0308. The van der Waals surface area contributed by atoms with Gasteiger partial charge in [0, 0.05) is 31.0 Å². The van der Waals surface area contributed by atoms with Gasteiger partial charge in [-0.1, -0.05) is 0 Å². The number of aromatic nitrogens is 1. The van der Waals surface area contributed by atoms with Gasteiger partial charge in [-0.25, -0.2) is 4.98 Å². The molecule has 0 N–H and O–H groups in total. The largest absolute Gasteiger partial charge is 0.476 e. The fourth-order valence-electron chi connectivity index (χ4n) is 3.90. The lowest BCUT2D eigenvalue weighted by molar-refractivity contribution is -0.137. The maximum absolute atomic E-state index is 12.7. The van der Waals surface area contributed by atoms with Crippen molar-refractivity contribution in [1.82, 2.24) is 9.88 Å². The van der Waals surface area contributed by atoms with Crippen LogP contribution in [0.4, 0.5) is 13.2 Å². The maximum Gasteiger partial charge on any atom is 0.416 e. The molecule has 2 unspecified atom stereocenters. The number of fused-ring (bicyclic) bond motifs is 1. The number of alkyl halides is 3. The van der Waals surface area contributed by atoms with E-state index in [1.807, 2.05) is 0 Å². The molecule has 3 rings (SSSR count). The normalized spacial score (nSPS) is 28.1. The SMILES string of the molecule is COCC12CCCN1C(COc1cc(C(F)(F)F)ccn1)CC2. The van der Waals surface area contributed by atoms with Gasteiger partial charge in [0.25, 0.3) is 0 Å². The molecule has 2 fully saturated rings. The summed E-state index contributed by atoms with van der Waals surface area (Å²) in [6.45, 7) is 2.05. The van der Waals surface area contributed by atoms with E-state index in [1.54, 1.807) is 7.11 Å². The summed E-state index contributed by atoms with van der Waals surface area (Å²) >= 11 is 0. The van der Waals surface area contributed by atoms with E-state index >= 15 is 0 Å². The summed E-state index contributed by atoms with van der Waals surface area (Å²) in [7, 11) is 1.71. The Kier molecular flexibility index (Phi) is 4.51. The van der Waals surface area contributed by atoms with Crippen LogP contribution in [-0.2, 0) is 10.9 Å². The second-order valence-corrected chi connectivity index (χ2v) is 6.34. The number of rotatable bonds is 5. The zero-order valence-electron chi connectivity index (χ0n) is 13.1. The van der Waals surface area contributed by atoms with E-state index in [4.69, 9.17) is 9.47 Å². The van der Waals surface area contributed by atoms with Crippen molar-refractivity contribution in [3.63, 3.8) is 0 Å². The molecule has 2 atom stereocenters. The van der Waals surface area contributed by atoms with Gasteiger partial charge in [0.1, 0.15) is 6.61 Å². The molecule has 7 heteroatoms. The molecular weight excluding hydrogens is 309 g/mol. The highest BCUT2D eigenvalue weighted by Gasteiger charge is 2.49. The van der Waals surface area contributed by atoms with Gasteiger partial charge in [-0.05, 0) is 38.3 Å². The Morgan fingerprint density at radius 1 is 1.39 bits per heavy atom. The minimum atomic E-state index is -4.38. The fraction of sp³-hybridized carbons (Fsp3) is 0.688. The first kappa shape index (κ1) is 16.5. The lowest BCUT2D eigenvalue weighted by Crippen LogP contribution is -2.47. The summed E-state index contributed by atoms with van der Waals surface area (Å²) < 4.78 is 49.1. The Bertz CT molecular complexity index is 552. The number of halogens is 3. The summed E-state index contributed by atoms with van der Waals surface area (Å²) in [5, 5.41) is 0. The molecule has 1 aromatic rings. The third-order valence-electron chi connectivity index (χ3n) is 4.93. The van der Waals surface area contributed by atoms with Crippen LogP contribution in [0.2, 0.25) is 0 Å². The van der Waals surface area contributed by atoms with Gasteiger partial charge in [0.05, 0.1) is 12.2 Å². The van der Waals surface area contributed by atoms with Crippen molar-refractivity contribution in [2.75, 3.05) is 26.9 Å². The van der Waals surface area contributed by atoms with Crippen LogP contribution in [0.25, 0.3) is 0 Å². The van der Waals surface area contributed by atoms with Gasteiger partial charge in [-0.2, -0.15) is 13.2 Å². The standard InChI is InChI=1S/C16H21F3N2O2/c1-22-11-15-5-2-8-21(15)13(3-6-15)10-23-14-9-12(4-7-20-14)16(17,18)19/h4,7,9,13H,2-3,5-6,8,10-11H2,1H3. The van der Waals surface area contributed by atoms with E-state index in [1.165, 1.54) is 0 Å². The molecular formula is C16H21F3N2O2. The molecule has 1 aromatic heterocycles. The van der Waals surface area contributed by atoms with Crippen LogP contribution >= 0.6 is 0 Å². The average molecular weight is 330 g/mol. The van der Waals surface area contributed by atoms with Crippen molar-refractivity contribution < 1.29 is 22.6 Å². The maximum atomic E-state index is 12.7. The highest BCUT2D eigenvalue weighted by atomic mass is 19.4. The van der Waals surface area contributed by atoms with Crippen LogP contribution in [0.5, 0.6) is 5.88 Å². The van der Waals surface area contributed by atoms with Crippen LogP contribution in [0.15, 0.2) is 18.3 Å². The molecule has 0 amide bonds. The molecule has 0 aliphatic carbocycles. The van der Waals surface area contributed by atoms with Gasteiger partial charge in [0.15, 0.2) is 0 Å². The Morgan fingerprint density at radius 3 is 2.96 bits per heavy atom.